The first kappa shape index (κ1) is 15.3. The smallest absolute Gasteiger partial charge is 0.324 e. The van der Waals surface area contributed by atoms with E-state index < -0.39 is 5.25 Å². The molecule has 0 fully saturated rings. The molecule has 0 radical (unpaired) electrons. The van der Waals surface area contributed by atoms with Gasteiger partial charge in [-0.15, -0.1) is 10.2 Å². The van der Waals surface area contributed by atoms with Gasteiger partial charge >= 0.3 is 5.97 Å². The van der Waals surface area contributed by atoms with E-state index in [0.29, 0.717) is 6.61 Å². The number of carbonyl (C=O) groups is 1. The normalized spacial score (nSPS) is 12.1. The molecule has 1 aromatic heterocycles. The predicted octanol–water partition coefficient (Wildman–Crippen LogP) is 3.66. The third kappa shape index (κ3) is 3.97. The summed E-state index contributed by atoms with van der Waals surface area (Å²) in [6.07, 6.45) is 1.95. The van der Waals surface area contributed by atoms with Crippen LogP contribution < -0.4 is 0 Å². The van der Waals surface area contributed by atoms with Crippen LogP contribution in [0, 0.1) is 0 Å². The molecule has 1 heterocycles. The minimum Gasteiger partial charge on any atom is -0.465 e. The van der Waals surface area contributed by atoms with Crippen molar-refractivity contribution in [2.75, 3.05) is 12.9 Å². The van der Waals surface area contributed by atoms with Crippen molar-refractivity contribution in [3.8, 4) is 0 Å². The fourth-order valence-corrected chi connectivity index (χ4v) is 4.15. The monoisotopic (exact) mass is 326 g/mol. The van der Waals surface area contributed by atoms with E-state index in [-0.39, 0.29) is 5.97 Å². The zero-order valence-corrected chi connectivity index (χ0v) is 13.6. The third-order valence-corrected chi connectivity index (χ3v) is 5.60. The molecule has 106 valence electrons. The summed E-state index contributed by atoms with van der Waals surface area (Å²) in [4.78, 5) is 12.1. The van der Waals surface area contributed by atoms with Gasteiger partial charge in [-0.1, -0.05) is 65.2 Å². The van der Waals surface area contributed by atoms with Gasteiger partial charge in [-0.25, -0.2) is 0 Å². The average molecular weight is 326 g/mol. The van der Waals surface area contributed by atoms with Crippen molar-refractivity contribution in [3.63, 3.8) is 0 Å². The summed E-state index contributed by atoms with van der Waals surface area (Å²) >= 11 is 4.42. The number of rotatable bonds is 6. The molecule has 7 heteroatoms. The lowest BCUT2D eigenvalue weighted by molar-refractivity contribution is -0.142. The molecule has 0 amide bonds. The van der Waals surface area contributed by atoms with E-state index in [1.807, 2.05) is 36.6 Å². The fraction of sp³-hybridized carbons (Fsp3) is 0.308. The Morgan fingerprint density at radius 1 is 1.30 bits per heavy atom. The van der Waals surface area contributed by atoms with E-state index >= 15 is 0 Å². The Bertz CT molecular complexity index is 560. The molecular formula is C13H14N2O2S3. The second-order valence-electron chi connectivity index (χ2n) is 3.70. The summed E-state index contributed by atoms with van der Waals surface area (Å²) in [6, 6.07) is 9.59. The Hall–Kier alpha value is -1.05. The number of ether oxygens (including phenoxy) is 1. The van der Waals surface area contributed by atoms with Crippen molar-refractivity contribution in [1.82, 2.24) is 10.2 Å². The van der Waals surface area contributed by atoms with Crippen LogP contribution in [-0.2, 0) is 9.53 Å². The molecule has 2 aromatic rings. The van der Waals surface area contributed by atoms with E-state index in [2.05, 4.69) is 10.2 Å². The Morgan fingerprint density at radius 3 is 2.60 bits per heavy atom. The minimum atomic E-state index is -0.404. The number of thioether (sulfide) groups is 2. The summed E-state index contributed by atoms with van der Waals surface area (Å²) in [5.41, 5.74) is 0.914. The maximum atomic E-state index is 12.1. The van der Waals surface area contributed by atoms with Gasteiger partial charge in [0.15, 0.2) is 8.68 Å². The minimum absolute atomic E-state index is 0.246. The number of hydrogen-bond donors (Lipinski definition) is 0. The molecule has 0 aliphatic rings. The molecule has 20 heavy (non-hydrogen) atoms. The van der Waals surface area contributed by atoms with Gasteiger partial charge in [0.1, 0.15) is 5.25 Å². The SMILES string of the molecule is CCOC(=O)C(Sc1nnc(SC)s1)c1ccccc1. The van der Waals surface area contributed by atoms with Crippen LogP contribution in [0.2, 0.25) is 0 Å². The van der Waals surface area contributed by atoms with Gasteiger partial charge in [0.2, 0.25) is 0 Å². The van der Waals surface area contributed by atoms with Crippen LogP contribution in [-0.4, -0.2) is 29.0 Å². The molecule has 0 saturated heterocycles. The van der Waals surface area contributed by atoms with Gasteiger partial charge in [0.25, 0.3) is 0 Å². The fourth-order valence-electron chi connectivity index (χ4n) is 1.53. The zero-order valence-electron chi connectivity index (χ0n) is 11.1. The maximum absolute atomic E-state index is 12.1. The van der Waals surface area contributed by atoms with Crippen molar-refractivity contribution in [3.05, 3.63) is 35.9 Å². The lowest BCUT2D eigenvalue weighted by atomic mass is 10.1. The molecule has 0 N–H and O–H groups in total. The highest BCUT2D eigenvalue weighted by atomic mass is 32.2. The van der Waals surface area contributed by atoms with E-state index in [1.54, 1.807) is 18.7 Å². The van der Waals surface area contributed by atoms with Crippen LogP contribution >= 0.6 is 34.9 Å². The van der Waals surface area contributed by atoms with Crippen molar-refractivity contribution in [1.29, 1.82) is 0 Å². The molecule has 1 atom stereocenters. The molecule has 1 unspecified atom stereocenters. The van der Waals surface area contributed by atoms with Crippen LogP contribution in [0.15, 0.2) is 39.0 Å². The lowest BCUT2D eigenvalue weighted by Gasteiger charge is -2.13. The average Bonchev–Trinajstić information content (AvgIpc) is 2.93. The van der Waals surface area contributed by atoms with Gasteiger partial charge in [0.05, 0.1) is 6.61 Å². The molecule has 4 nitrogen and oxygen atoms in total. The Balaban J connectivity index is 2.20. The van der Waals surface area contributed by atoms with Crippen LogP contribution in [0.5, 0.6) is 0 Å². The van der Waals surface area contributed by atoms with Crippen LogP contribution in [0.1, 0.15) is 17.7 Å². The highest BCUT2D eigenvalue weighted by molar-refractivity contribution is 8.03. The molecule has 0 spiro atoms. The number of esters is 1. The van der Waals surface area contributed by atoms with Crippen LogP contribution in [0.4, 0.5) is 0 Å². The molecule has 1 aromatic carbocycles. The van der Waals surface area contributed by atoms with E-state index in [4.69, 9.17) is 4.74 Å². The maximum Gasteiger partial charge on any atom is 0.324 e. The molecule has 0 aliphatic heterocycles. The predicted molar refractivity (Wildman–Crippen MR) is 83.4 cm³/mol. The highest BCUT2D eigenvalue weighted by Crippen LogP contribution is 2.38. The number of benzene rings is 1. The quantitative estimate of drug-likeness (QED) is 0.596. The summed E-state index contributed by atoms with van der Waals surface area (Å²) in [5.74, 6) is -0.246. The van der Waals surface area contributed by atoms with Crippen LogP contribution in [0.3, 0.4) is 0 Å². The number of aromatic nitrogens is 2. The summed E-state index contributed by atoms with van der Waals surface area (Å²) in [6.45, 7) is 2.18. The van der Waals surface area contributed by atoms with E-state index in [1.165, 1.54) is 23.1 Å². The molecule has 0 saturated carbocycles. The Labute approximate surface area is 130 Å². The van der Waals surface area contributed by atoms with Gasteiger partial charge in [-0.05, 0) is 18.7 Å². The van der Waals surface area contributed by atoms with Crippen molar-refractivity contribution in [2.45, 2.75) is 20.9 Å². The van der Waals surface area contributed by atoms with Gasteiger partial charge in [0, 0.05) is 0 Å². The topological polar surface area (TPSA) is 52.1 Å². The largest absolute Gasteiger partial charge is 0.465 e. The van der Waals surface area contributed by atoms with Crippen molar-refractivity contribution < 1.29 is 9.53 Å². The molecular weight excluding hydrogens is 312 g/mol. The van der Waals surface area contributed by atoms with Gasteiger partial charge in [-0.3, -0.25) is 4.79 Å². The van der Waals surface area contributed by atoms with Crippen molar-refractivity contribution >= 4 is 40.8 Å². The molecule has 0 aliphatic carbocycles. The zero-order chi connectivity index (χ0) is 14.4. The number of carbonyl (C=O) groups excluding carboxylic acids is 1. The molecule has 0 bridgehead atoms. The second kappa shape index (κ2) is 7.66. The summed E-state index contributed by atoms with van der Waals surface area (Å²) in [5, 5.41) is 7.74. The van der Waals surface area contributed by atoms with Gasteiger partial charge in [-0.2, -0.15) is 0 Å². The first-order valence-electron chi connectivity index (χ1n) is 6.00. The third-order valence-electron chi connectivity index (χ3n) is 2.38. The second-order valence-corrected chi connectivity index (χ2v) is 7.08. The number of hydrogen-bond acceptors (Lipinski definition) is 7. The first-order chi connectivity index (χ1) is 9.74. The lowest BCUT2D eigenvalue weighted by Crippen LogP contribution is -2.13. The van der Waals surface area contributed by atoms with Crippen molar-refractivity contribution in [2.24, 2.45) is 0 Å². The van der Waals surface area contributed by atoms with Crippen LogP contribution in [0.25, 0.3) is 0 Å². The first-order valence-corrected chi connectivity index (χ1v) is 8.92. The summed E-state index contributed by atoms with van der Waals surface area (Å²) < 4.78 is 6.82. The molecule has 2 rings (SSSR count). The van der Waals surface area contributed by atoms with E-state index in [0.717, 1.165) is 14.2 Å². The Morgan fingerprint density at radius 2 is 2.00 bits per heavy atom. The standard InChI is InChI=1S/C13H14N2O2S3/c1-3-17-11(16)10(9-7-5-4-6-8-9)19-13-15-14-12(18-2)20-13/h4-8,10H,3H2,1-2H3. The Kier molecular flexibility index (Phi) is 5.87. The van der Waals surface area contributed by atoms with Gasteiger partial charge < -0.3 is 4.74 Å². The number of nitrogens with zero attached hydrogens (tertiary/aromatic N) is 2. The summed E-state index contributed by atoms with van der Waals surface area (Å²) in [7, 11) is 0. The van der Waals surface area contributed by atoms with E-state index in [9.17, 15) is 4.79 Å². The highest BCUT2D eigenvalue weighted by Gasteiger charge is 2.25.